The Morgan fingerprint density at radius 2 is 2.30 bits per heavy atom. The van der Waals surface area contributed by atoms with Gasteiger partial charge in [0, 0.05) is 43.0 Å². The summed E-state index contributed by atoms with van der Waals surface area (Å²) in [4.78, 5) is 1.44. The maximum atomic E-state index is 12.5. The van der Waals surface area contributed by atoms with Crippen molar-refractivity contribution < 1.29 is 13.2 Å². The second-order valence-electron chi connectivity index (χ2n) is 5.29. The van der Waals surface area contributed by atoms with Crippen molar-refractivity contribution in [2.75, 3.05) is 20.2 Å². The Hall–Kier alpha value is -0.470. The van der Waals surface area contributed by atoms with Gasteiger partial charge in [-0.1, -0.05) is 13.8 Å². The average molecular weight is 318 g/mol. The van der Waals surface area contributed by atoms with Gasteiger partial charge in [-0.25, -0.2) is 8.42 Å². The number of ether oxygens (including phenoxy) is 1. The molecule has 0 radical (unpaired) electrons. The maximum Gasteiger partial charge on any atom is 0.243 e. The number of nitrogens with zero attached hydrogens (tertiary/aromatic N) is 1. The first kappa shape index (κ1) is 15.9. The first-order valence-corrected chi connectivity index (χ1v) is 9.09. The molecule has 1 aliphatic rings. The van der Waals surface area contributed by atoms with Crippen molar-refractivity contribution in [2.45, 2.75) is 43.9 Å². The molecular weight excluding hydrogens is 296 g/mol. The fraction of sp³-hybridized carbons (Fsp3) is 0.692. The summed E-state index contributed by atoms with van der Waals surface area (Å²) in [6.07, 6.45) is 0.784. The van der Waals surface area contributed by atoms with Crippen molar-refractivity contribution in [3.8, 4) is 0 Å². The van der Waals surface area contributed by atoms with Gasteiger partial charge in [0.2, 0.25) is 10.0 Å². The van der Waals surface area contributed by atoms with Gasteiger partial charge in [0.05, 0.1) is 11.0 Å². The number of thiophene rings is 1. The van der Waals surface area contributed by atoms with Crippen LogP contribution in [-0.2, 0) is 21.3 Å². The van der Waals surface area contributed by atoms with E-state index in [1.54, 1.807) is 18.6 Å². The molecule has 5 nitrogen and oxygen atoms in total. The fourth-order valence-corrected chi connectivity index (χ4v) is 4.85. The molecule has 0 aliphatic carbocycles. The molecular formula is C13H22N2O3S2. The molecule has 1 N–H and O–H groups in total. The third-order valence-corrected chi connectivity index (χ3v) is 6.32. The van der Waals surface area contributed by atoms with Crippen LogP contribution in [0, 0.1) is 0 Å². The first-order chi connectivity index (χ1) is 9.43. The molecule has 1 fully saturated rings. The van der Waals surface area contributed by atoms with Gasteiger partial charge in [-0.3, -0.25) is 0 Å². The normalized spacial score (nSPS) is 20.9. The Labute approximate surface area is 125 Å². The van der Waals surface area contributed by atoms with Gasteiger partial charge in [-0.2, -0.15) is 4.31 Å². The van der Waals surface area contributed by atoms with Crippen molar-refractivity contribution in [1.82, 2.24) is 9.62 Å². The molecule has 2 rings (SSSR count). The zero-order valence-electron chi connectivity index (χ0n) is 12.1. The second-order valence-corrected chi connectivity index (χ2v) is 8.23. The Morgan fingerprint density at radius 3 is 2.90 bits per heavy atom. The van der Waals surface area contributed by atoms with Crippen LogP contribution >= 0.6 is 11.3 Å². The summed E-state index contributed by atoms with van der Waals surface area (Å²) in [5, 5.41) is 5.02. The van der Waals surface area contributed by atoms with Crippen LogP contribution in [0.2, 0.25) is 0 Å². The lowest BCUT2D eigenvalue weighted by atomic mass is 10.3. The molecule has 0 amide bonds. The van der Waals surface area contributed by atoms with Crippen molar-refractivity contribution in [3.63, 3.8) is 0 Å². The van der Waals surface area contributed by atoms with E-state index in [-0.39, 0.29) is 6.10 Å². The van der Waals surface area contributed by atoms with Crippen LogP contribution < -0.4 is 5.32 Å². The number of sulfonamides is 1. The van der Waals surface area contributed by atoms with E-state index in [2.05, 4.69) is 19.2 Å². The molecule has 1 aromatic rings. The lowest BCUT2D eigenvalue weighted by molar-refractivity contribution is 0.115. The Kier molecular flexibility index (Phi) is 5.19. The lowest BCUT2D eigenvalue weighted by Crippen LogP contribution is -2.29. The van der Waals surface area contributed by atoms with E-state index < -0.39 is 10.0 Å². The van der Waals surface area contributed by atoms with Crippen molar-refractivity contribution in [3.05, 3.63) is 16.3 Å². The predicted molar refractivity (Wildman–Crippen MR) is 80.5 cm³/mol. The third-order valence-electron chi connectivity index (χ3n) is 3.39. The summed E-state index contributed by atoms with van der Waals surface area (Å²) >= 11 is 1.48. The quantitative estimate of drug-likeness (QED) is 0.866. The number of nitrogens with one attached hydrogen (secondary N) is 1. The molecule has 1 saturated heterocycles. The van der Waals surface area contributed by atoms with E-state index in [4.69, 9.17) is 4.74 Å². The van der Waals surface area contributed by atoms with Gasteiger partial charge in [0.25, 0.3) is 0 Å². The summed E-state index contributed by atoms with van der Waals surface area (Å²) in [5.41, 5.74) is 0. The molecule has 114 valence electrons. The Morgan fingerprint density at radius 1 is 1.55 bits per heavy atom. The lowest BCUT2D eigenvalue weighted by Gasteiger charge is -2.15. The molecule has 0 saturated carbocycles. The molecule has 0 bridgehead atoms. The molecule has 1 aliphatic heterocycles. The van der Waals surface area contributed by atoms with Crippen LogP contribution in [0.3, 0.4) is 0 Å². The minimum Gasteiger partial charge on any atom is -0.380 e. The highest BCUT2D eigenvalue weighted by Crippen LogP contribution is 2.26. The molecule has 2 heterocycles. The molecule has 0 aromatic carbocycles. The van der Waals surface area contributed by atoms with Crippen molar-refractivity contribution in [2.24, 2.45) is 0 Å². The van der Waals surface area contributed by atoms with E-state index in [1.807, 2.05) is 0 Å². The smallest absolute Gasteiger partial charge is 0.243 e. The van der Waals surface area contributed by atoms with Gasteiger partial charge in [0.15, 0.2) is 0 Å². The highest BCUT2D eigenvalue weighted by molar-refractivity contribution is 7.89. The van der Waals surface area contributed by atoms with E-state index >= 15 is 0 Å². The zero-order valence-corrected chi connectivity index (χ0v) is 13.8. The van der Waals surface area contributed by atoms with Gasteiger partial charge in [0.1, 0.15) is 0 Å². The van der Waals surface area contributed by atoms with Crippen LogP contribution in [0.1, 0.15) is 25.1 Å². The van der Waals surface area contributed by atoms with Crippen LogP contribution in [0.4, 0.5) is 0 Å². The standard InChI is InChI=1S/C13H22N2O3S2/c1-10(2)14-7-12-6-13(9-19-12)20(16,17)15-5-4-11(8-15)18-3/h6,9-11,14H,4-5,7-8H2,1-3H3. The molecule has 20 heavy (non-hydrogen) atoms. The van der Waals surface area contributed by atoms with Gasteiger partial charge >= 0.3 is 0 Å². The number of rotatable bonds is 6. The summed E-state index contributed by atoms with van der Waals surface area (Å²) in [6, 6.07) is 2.16. The van der Waals surface area contributed by atoms with Crippen LogP contribution in [0.5, 0.6) is 0 Å². The molecule has 0 spiro atoms. The van der Waals surface area contributed by atoms with Crippen LogP contribution in [0.25, 0.3) is 0 Å². The highest BCUT2D eigenvalue weighted by Gasteiger charge is 2.33. The van der Waals surface area contributed by atoms with Crippen molar-refractivity contribution in [1.29, 1.82) is 0 Å². The Balaban J connectivity index is 2.06. The molecule has 1 aromatic heterocycles. The fourth-order valence-electron chi connectivity index (χ4n) is 2.15. The first-order valence-electron chi connectivity index (χ1n) is 6.77. The topological polar surface area (TPSA) is 58.6 Å². The van der Waals surface area contributed by atoms with E-state index in [0.29, 0.717) is 30.6 Å². The number of methoxy groups -OCH3 is 1. The summed E-state index contributed by atoms with van der Waals surface area (Å²) in [6.45, 7) is 5.84. The van der Waals surface area contributed by atoms with E-state index in [1.165, 1.54) is 15.6 Å². The average Bonchev–Trinajstić information content (AvgIpc) is 3.05. The van der Waals surface area contributed by atoms with Crippen LogP contribution in [-0.4, -0.2) is 45.1 Å². The number of hydrogen-bond donors (Lipinski definition) is 1. The molecule has 1 unspecified atom stereocenters. The van der Waals surface area contributed by atoms with Crippen molar-refractivity contribution >= 4 is 21.4 Å². The predicted octanol–water partition coefficient (Wildman–Crippen LogP) is 1.66. The zero-order chi connectivity index (χ0) is 14.8. The van der Waals surface area contributed by atoms with E-state index in [0.717, 1.165) is 11.3 Å². The van der Waals surface area contributed by atoms with Crippen LogP contribution in [0.15, 0.2) is 16.3 Å². The minimum atomic E-state index is -3.36. The second kappa shape index (κ2) is 6.53. The van der Waals surface area contributed by atoms with Gasteiger partial charge in [-0.05, 0) is 12.5 Å². The third kappa shape index (κ3) is 3.59. The summed E-state index contributed by atoms with van der Waals surface area (Å²) in [5.74, 6) is 0. The Bertz CT molecular complexity index is 540. The highest BCUT2D eigenvalue weighted by atomic mass is 32.2. The largest absolute Gasteiger partial charge is 0.380 e. The monoisotopic (exact) mass is 318 g/mol. The number of hydrogen-bond acceptors (Lipinski definition) is 5. The summed E-state index contributed by atoms with van der Waals surface area (Å²) < 4.78 is 31.8. The SMILES string of the molecule is COC1CCN(S(=O)(=O)c2csc(CNC(C)C)c2)C1. The van der Waals surface area contributed by atoms with E-state index in [9.17, 15) is 8.42 Å². The minimum absolute atomic E-state index is 0.0190. The summed E-state index contributed by atoms with van der Waals surface area (Å²) in [7, 11) is -1.74. The molecule has 7 heteroatoms. The van der Waals surface area contributed by atoms with Gasteiger partial charge in [-0.15, -0.1) is 11.3 Å². The van der Waals surface area contributed by atoms with Gasteiger partial charge < -0.3 is 10.1 Å². The molecule has 1 atom stereocenters. The maximum absolute atomic E-state index is 12.5.